The zero-order valence-corrected chi connectivity index (χ0v) is 34.9. The molecule has 0 aliphatic carbocycles. The van der Waals surface area contributed by atoms with Gasteiger partial charge in [0.25, 0.3) is 5.91 Å². The Morgan fingerprint density at radius 3 is 2.58 bits per heavy atom. The third kappa shape index (κ3) is 14.8. The van der Waals surface area contributed by atoms with E-state index in [9.17, 15) is 19.2 Å². The van der Waals surface area contributed by atoms with Crippen LogP contribution < -0.4 is 16.1 Å². The largest absolute Gasteiger partial charge is 0.460 e. The van der Waals surface area contributed by atoms with E-state index in [0.717, 1.165) is 34.6 Å². The molecule has 3 N–H and O–H groups in total. The fourth-order valence-electron chi connectivity index (χ4n) is 5.63. The summed E-state index contributed by atoms with van der Waals surface area (Å²) in [7, 11) is 0. The number of alkyl carbamates (subject to hydrolysis) is 1. The van der Waals surface area contributed by atoms with E-state index in [-0.39, 0.29) is 24.1 Å². The van der Waals surface area contributed by atoms with Gasteiger partial charge in [-0.1, -0.05) is 65.2 Å². The molecule has 1 aromatic heterocycles. The molecule has 2 fully saturated rings. The predicted octanol–water partition coefficient (Wildman–Crippen LogP) is 6.82. The first-order valence-corrected chi connectivity index (χ1v) is 20.1. The maximum atomic E-state index is 13.0. The van der Waals surface area contributed by atoms with Crippen molar-refractivity contribution in [2.75, 3.05) is 38.8 Å². The van der Waals surface area contributed by atoms with Crippen molar-refractivity contribution in [1.29, 1.82) is 0 Å². The third-order valence-corrected chi connectivity index (χ3v) is 9.99. The van der Waals surface area contributed by atoms with E-state index in [2.05, 4.69) is 22.1 Å². The second kappa shape index (κ2) is 20.0. The molecule has 0 spiro atoms. The van der Waals surface area contributed by atoms with Gasteiger partial charge in [-0.05, 0) is 90.3 Å². The van der Waals surface area contributed by atoms with Gasteiger partial charge >= 0.3 is 17.4 Å². The van der Waals surface area contributed by atoms with Crippen LogP contribution in [0.5, 0.6) is 0 Å². The van der Waals surface area contributed by atoms with Crippen molar-refractivity contribution in [1.82, 2.24) is 26.1 Å². The van der Waals surface area contributed by atoms with Crippen molar-refractivity contribution in [3.63, 3.8) is 0 Å². The zero-order valence-electron chi connectivity index (χ0n) is 31.8. The summed E-state index contributed by atoms with van der Waals surface area (Å²) in [5, 5.41) is 7.59. The highest BCUT2D eigenvalue weighted by molar-refractivity contribution is 8.13. The lowest BCUT2D eigenvalue weighted by molar-refractivity contribution is -0.152. The lowest BCUT2D eigenvalue weighted by atomic mass is 9.88. The Kier molecular flexibility index (Phi) is 16.3. The van der Waals surface area contributed by atoms with Gasteiger partial charge in [0.2, 0.25) is 10.1 Å². The van der Waals surface area contributed by atoms with Gasteiger partial charge in [-0.2, -0.15) is 0 Å². The van der Waals surface area contributed by atoms with Gasteiger partial charge in [-0.3, -0.25) is 24.9 Å². The van der Waals surface area contributed by atoms with E-state index in [1.807, 2.05) is 64.1 Å². The summed E-state index contributed by atoms with van der Waals surface area (Å²) < 4.78 is 25.5. The minimum absolute atomic E-state index is 0.0730. The summed E-state index contributed by atoms with van der Waals surface area (Å²) in [4.78, 5) is 55.2. The molecule has 3 heterocycles. The highest BCUT2D eigenvalue weighted by atomic mass is 35.6. The number of rotatable bonds is 14. The summed E-state index contributed by atoms with van der Waals surface area (Å²) in [5.41, 5.74) is 4.30. The van der Waals surface area contributed by atoms with Gasteiger partial charge in [0.15, 0.2) is 0 Å². The number of esters is 1. The predicted molar refractivity (Wildman–Crippen MR) is 213 cm³/mol. The minimum atomic E-state index is -1.73. The first-order chi connectivity index (χ1) is 25.8. The maximum absolute atomic E-state index is 13.0. The molecule has 55 heavy (non-hydrogen) atoms. The summed E-state index contributed by atoms with van der Waals surface area (Å²) >= 11 is 18.0. The van der Waals surface area contributed by atoms with Gasteiger partial charge in [0.1, 0.15) is 25.0 Å². The lowest BCUT2D eigenvalue weighted by Gasteiger charge is -2.34. The molecular weight excluding hydrogens is 797 g/mol. The molecule has 5 atom stereocenters. The first-order valence-electron chi connectivity index (χ1n) is 18.0. The Balaban J connectivity index is 1.23. The Hall–Kier alpha value is -2.89. The van der Waals surface area contributed by atoms with Crippen molar-refractivity contribution in [2.45, 2.75) is 94.6 Å². The Morgan fingerprint density at radius 2 is 1.89 bits per heavy atom. The number of benzene rings is 1. The van der Waals surface area contributed by atoms with Crippen LogP contribution in [0.4, 0.5) is 9.59 Å². The molecule has 1 aromatic carbocycles. The van der Waals surface area contributed by atoms with E-state index < -0.39 is 51.7 Å². The molecule has 2 saturated heterocycles. The second-order valence-corrected chi connectivity index (χ2v) is 18.0. The third-order valence-electron chi connectivity index (χ3n) is 8.61. The molecule has 0 radical (unpaired) electrons. The van der Waals surface area contributed by atoms with Gasteiger partial charge in [0.05, 0.1) is 29.9 Å². The average molecular weight is 847 g/mol. The molecule has 2 aliphatic heterocycles. The number of pyridine rings is 1. The standard InChI is InChI=1S/C37H50Cl3N5O9S/c1-23(42-33(48)54-35(4,5)6)28-12-11-27-10-9-26(18-30(27)43-28)13-14-36(15-17-50-19-36)21-55-34(49)53-25(3)52-22-41-24(2)31(46)45-16-7-8-29(44-45)32(47)51-20-37(38,39)40/h9-14,18,23-25,29,41,44H,7-8,15-17,19-22H2,1-6H3,(H,42,48)/b14-13+/t23-,24+,25?,29+,36?/m1/s1. The summed E-state index contributed by atoms with van der Waals surface area (Å²) in [6.07, 6.45) is 4.46. The number of fused-ring (bicyclic) bond motifs is 1. The molecule has 2 unspecified atom stereocenters. The monoisotopic (exact) mass is 845 g/mol. The van der Waals surface area contributed by atoms with Crippen LogP contribution in [-0.2, 0) is 33.3 Å². The van der Waals surface area contributed by atoms with E-state index >= 15 is 0 Å². The maximum Gasteiger partial charge on any atom is 0.408 e. The topological polar surface area (TPSA) is 167 Å². The number of aromatic nitrogens is 1. The van der Waals surface area contributed by atoms with Crippen LogP contribution in [0.3, 0.4) is 0 Å². The van der Waals surface area contributed by atoms with Gasteiger partial charge in [-0.15, -0.1) is 0 Å². The zero-order chi connectivity index (χ0) is 40.4. The SMILES string of the molecule is CC(OCN[C@@H](C)C(=O)N1CCC[C@@H](C(=O)OCC(Cl)(Cl)Cl)N1)OC(=O)SCC1(/C=C/c2ccc3ccc([C@@H](C)NC(=O)OC(C)(C)C)nc3c2)CCOC1. The molecule has 2 amide bonds. The number of thioether (sulfide) groups is 1. The number of ether oxygens (including phenoxy) is 5. The second-order valence-electron chi connectivity index (χ2n) is 14.6. The Labute approximate surface area is 340 Å². The fourth-order valence-corrected chi connectivity index (χ4v) is 6.73. The molecule has 2 aromatic rings. The van der Waals surface area contributed by atoms with Crippen LogP contribution in [0, 0.1) is 5.41 Å². The Bertz CT molecular complexity index is 1680. The molecule has 14 nitrogen and oxygen atoms in total. The minimum Gasteiger partial charge on any atom is -0.460 e. The van der Waals surface area contributed by atoms with Crippen LogP contribution in [0.25, 0.3) is 17.0 Å². The smallest absolute Gasteiger partial charge is 0.408 e. The number of hydrogen-bond donors (Lipinski definition) is 3. The van der Waals surface area contributed by atoms with Crippen molar-refractivity contribution < 1.29 is 42.9 Å². The molecule has 0 saturated carbocycles. The van der Waals surface area contributed by atoms with Gasteiger partial charge < -0.3 is 29.0 Å². The number of nitrogens with zero attached hydrogens (tertiary/aromatic N) is 2. The van der Waals surface area contributed by atoms with Gasteiger partial charge in [-0.25, -0.2) is 15.0 Å². The number of hydrazine groups is 1. The van der Waals surface area contributed by atoms with Gasteiger partial charge in [0, 0.05) is 29.7 Å². The fraction of sp³-hybridized carbons (Fsp3) is 0.595. The van der Waals surface area contributed by atoms with Crippen LogP contribution in [0.1, 0.15) is 78.1 Å². The van der Waals surface area contributed by atoms with Crippen molar-refractivity contribution >= 4 is 86.8 Å². The van der Waals surface area contributed by atoms with E-state index in [1.165, 1.54) is 5.01 Å². The summed E-state index contributed by atoms with van der Waals surface area (Å²) in [6.45, 7) is 11.5. The van der Waals surface area contributed by atoms with Crippen LogP contribution in [0.2, 0.25) is 0 Å². The number of nitrogens with one attached hydrogen (secondary N) is 3. The van der Waals surface area contributed by atoms with Crippen LogP contribution >= 0.6 is 46.6 Å². The number of amides is 2. The highest BCUT2D eigenvalue weighted by Gasteiger charge is 2.35. The lowest BCUT2D eigenvalue weighted by Crippen LogP contribution is -2.59. The van der Waals surface area contributed by atoms with Crippen LogP contribution in [0.15, 0.2) is 36.4 Å². The summed E-state index contributed by atoms with van der Waals surface area (Å²) in [6, 6.07) is 8.03. The van der Waals surface area contributed by atoms with Crippen molar-refractivity contribution in [3.8, 4) is 0 Å². The van der Waals surface area contributed by atoms with Crippen LogP contribution in [-0.4, -0.2) is 99.9 Å². The summed E-state index contributed by atoms with van der Waals surface area (Å²) in [5.74, 6) is -0.500. The molecule has 304 valence electrons. The average Bonchev–Trinajstić information content (AvgIpc) is 3.59. The number of carbonyl (C=O) groups excluding carboxylic acids is 4. The number of carbonyl (C=O) groups is 4. The van der Waals surface area contributed by atoms with Crippen molar-refractivity contribution in [2.24, 2.45) is 5.41 Å². The van der Waals surface area contributed by atoms with E-state index in [1.54, 1.807) is 13.8 Å². The van der Waals surface area contributed by atoms with Crippen molar-refractivity contribution in [3.05, 3.63) is 47.7 Å². The quantitative estimate of drug-likeness (QED) is 0.0786. The first kappa shape index (κ1) is 44.8. The molecule has 2 aliphatic rings. The molecular formula is C37H50Cl3N5O9S. The number of hydrogen-bond acceptors (Lipinski definition) is 13. The Morgan fingerprint density at radius 1 is 1.15 bits per heavy atom. The molecule has 4 rings (SSSR count). The van der Waals surface area contributed by atoms with E-state index in [4.69, 9.17) is 63.5 Å². The number of alkyl halides is 3. The molecule has 18 heteroatoms. The highest BCUT2D eigenvalue weighted by Crippen LogP contribution is 2.36. The normalized spacial score (nSPS) is 20.9. The molecule has 0 bridgehead atoms. The van der Waals surface area contributed by atoms with E-state index in [0.29, 0.717) is 44.0 Å². The number of halogens is 3.